The van der Waals surface area contributed by atoms with E-state index in [-0.39, 0.29) is 6.03 Å². The number of carbonyl (C=O) groups excluding carboxylic acids is 1. The van der Waals surface area contributed by atoms with Crippen molar-refractivity contribution in [2.24, 2.45) is 0 Å². The molecule has 1 fully saturated rings. The number of pyridine rings is 1. The SMILES string of the molecule is Cc1cccc(OCCCNC(=O)NCc2ccc(N3CCCC3)nc2)c1. The molecule has 3 rings (SSSR count). The first-order chi connectivity index (χ1) is 13.2. The maximum Gasteiger partial charge on any atom is 0.315 e. The van der Waals surface area contributed by atoms with Gasteiger partial charge in [-0.15, -0.1) is 0 Å². The quantitative estimate of drug-likeness (QED) is 0.702. The highest BCUT2D eigenvalue weighted by Crippen LogP contribution is 2.17. The molecule has 1 aliphatic heterocycles. The van der Waals surface area contributed by atoms with Crippen LogP contribution in [0.2, 0.25) is 0 Å². The molecule has 1 aromatic carbocycles. The van der Waals surface area contributed by atoms with E-state index >= 15 is 0 Å². The van der Waals surface area contributed by atoms with Gasteiger partial charge in [0.05, 0.1) is 6.61 Å². The first-order valence-electron chi connectivity index (χ1n) is 9.62. The van der Waals surface area contributed by atoms with Crippen molar-refractivity contribution < 1.29 is 9.53 Å². The van der Waals surface area contributed by atoms with Crippen molar-refractivity contribution >= 4 is 11.8 Å². The molecule has 0 atom stereocenters. The molecule has 1 aliphatic rings. The van der Waals surface area contributed by atoms with Gasteiger partial charge >= 0.3 is 6.03 Å². The van der Waals surface area contributed by atoms with Crippen molar-refractivity contribution in [3.8, 4) is 5.75 Å². The van der Waals surface area contributed by atoms with Gasteiger partial charge in [0.1, 0.15) is 11.6 Å². The first kappa shape index (κ1) is 19.0. The highest BCUT2D eigenvalue weighted by Gasteiger charge is 2.13. The number of ether oxygens (including phenoxy) is 1. The number of nitrogens with one attached hydrogen (secondary N) is 2. The molecule has 6 nitrogen and oxygen atoms in total. The number of rotatable bonds is 8. The zero-order valence-electron chi connectivity index (χ0n) is 15.9. The largest absolute Gasteiger partial charge is 0.494 e. The second-order valence-electron chi connectivity index (χ2n) is 6.85. The summed E-state index contributed by atoms with van der Waals surface area (Å²) in [5, 5.41) is 5.71. The lowest BCUT2D eigenvalue weighted by Crippen LogP contribution is -2.36. The lowest BCUT2D eigenvalue weighted by molar-refractivity contribution is 0.238. The fourth-order valence-electron chi connectivity index (χ4n) is 3.07. The van der Waals surface area contributed by atoms with Crippen LogP contribution in [-0.2, 0) is 6.54 Å². The predicted octanol–water partition coefficient (Wildman–Crippen LogP) is 3.26. The van der Waals surface area contributed by atoms with E-state index in [9.17, 15) is 4.79 Å². The molecule has 27 heavy (non-hydrogen) atoms. The second-order valence-corrected chi connectivity index (χ2v) is 6.85. The number of amides is 2. The number of urea groups is 1. The highest BCUT2D eigenvalue weighted by molar-refractivity contribution is 5.73. The van der Waals surface area contributed by atoms with E-state index in [0.717, 1.165) is 36.6 Å². The lowest BCUT2D eigenvalue weighted by Gasteiger charge is -2.16. The minimum atomic E-state index is -0.172. The summed E-state index contributed by atoms with van der Waals surface area (Å²) < 4.78 is 5.67. The molecule has 144 valence electrons. The topological polar surface area (TPSA) is 66.5 Å². The number of hydrogen-bond acceptors (Lipinski definition) is 4. The summed E-state index contributed by atoms with van der Waals surface area (Å²) in [5.74, 6) is 1.89. The average Bonchev–Trinajstić information content (AvgIpc) is 3.21. The molecule has 0 saturated carbocycles. The average molecular weight is 368 g/mol. The van der Waals surface area contributed by atoms with Crippen LogP contribution in [0.3, 0.4) is 0 Å². The Balaban J connectivity index is 1.29. The number of aryl methyl sites for hydroxylation is 1. The number of carbonyl (C=O) groups is 1. The minimum Gasteiger partial charge on any atom is -0.494 e. The maximum absolute atomic E-state index is 11.9. The van der Waals surface area contributed by atoms with Crippen LogP contribution in [0.4, 0.5) is 10.6 Å². The van der Waals surface area contributed by atoms with Crippen LogP contribution in [0, 0.1) is 6.92 Å². The van der Waals surface area contributed by atoms with Gasteiger partial charge < -0.3 is 20.3 Å². The van der Waals surface area contributed by atoms with Crippen LogP contribution in [0.5, 0.6) is 5.75 Å². The monoisotopic (exact) mass is 368 g/mol. The van der Waals surface area contributed by atoms with E-state index in [1.165, 1.54) is 18.4 Å². The lowest BCUT2D eigenvalue weighted by atomic mass is 10.2. The third-order valence-electron chi connectivity index (χ3n) is 4.56. The van der Waals surface area contributed by atoms with Crippen LogP contribution in [0.15, 0.2) is 42.6 Å². The highest BCUT2D eigenvalue weighted by atomic mass is 16.5. The Morgan fingerprint density at radius 3 is 2.78 bits per heavy atom. The number of anilines is 1. The molecule has 1 aromatic heterocycles. The molecule has 0 radical (unpaired) electrons. The third-order valence-corrected chi connectivity index (χ3v) is 4.56. The molecule has 1 saturated heterocycles. The molecule has 2 aromatic rings. The summed E-state index contributed by atoms with van der Waals surface area (Å²) in [6.07, 6.45) is 5.07. The number of nitrogens with zero attached hydrogens (tertiary/aromatic N) is 2. The van der Waals surface area contributed by atoms with Crippen molar-refractivity contribution in [3.63, 3.8) is 0 Å². The van der Waals surface area contributed by atoms with E-state index in [0.29, 0.717) is 19.7 Å². The molecular formula is C21H28N4O2. The molecular weight excluding hydrogens is 340 g/mol. The Morgan fingerprint density at radius 2 is 2.04 bits per heavy atom. The summed E-state index contributed by atoms with van der Waals surface area (Å²) in [6.45, 7) is 5.82. The molecule has 0 unspecified atom stereocenters. The zero-order valence-corrected chi connectivity index (χ0v) is 15.9. The molecule has 2 heterocycles. The number of hydrogen-bond donors (Lipinski definition) is 2. The Hall–Kier alpha value is -2.76. The van der Waals surface area contributed by atoms with Crippen LogP contribution in [0.25, 0.3) is 0 Å². The minimum absolute atomic E-state index is 0.172. The van der Waals surface area contributed by atoms with Gasteiger partial charge in [0, 0.05) is 32.4 Å². The van der Waals surface area contributed by atoms with Gasteiger partial charge in [-0.2, -0.15) is 0 Å². The van der Waals surface area contributed by atoms with Gasteiger partial charge in [0.15, 0.2) is 0 Å². The van der Waals surface area contributed by atoms with Crippen LogP contribution < -0.4 is 20.3 Å². The summed E-state index contributed by atoms with van der Waals surface area (Å²) in [5.41, 5.74) is 2.17. The summed E-state index contributed by atoms with van der Waals surface area (Å²) >= 11 is 0. The standard InChI is InChI=1S/C21H28N4O2/c1-17-6-4-7-19(14-17)27-13-5-10-22-21(26)24-16-18-8-9-20(23-15-18)25-11-2-3-12-25/h4,6-9,14-15H,2-3,5,10-13,16H2,1H3,(H2,22,24,26). The van der Waals surface area contributed by atoms with Crippen molar-refractivity contribution in [1.29, 1.82) is 0 Å². The number of benzene rings is 1. The Labute approximate surface area is 160 Å². The first-order valence-corrected chi connectivity index (χ1v) is 9.62. The normalized spacial score (nSPS) is 13.4. The van der Waals surface area contributed by atoms with Gasteiger partial charge in [-0.1, -0.05) is 18.2 Å². The molecule has 2 N–H and O–H groups in total. The summed E-state index contributed by atoms with van der Waals surface area (Å²) in [4.78, 5) is 18.7. The van der Waals surface area contributed by atoms with Gasteiger partial charge in [0.25, 0.3) is 0 Å². The van der Waals surface area contributed by atoms with Crippen molar-refractivity contribution in [1.82, 2.24) is 15.6 Å². The van der Waals surface area contributed by atoms with Crippen LogP contribution in [-0.4, -0.2) is 37.3 Å². The second kappa shape index (κ2) is 9.80. The Kier molecular flexibility index (Phi) is 6.90. The summed E-state index contributed by atoms with van der Waals surface area (Å²) in [6, 6.07) is 11.8. The molecule has 0 aliphatic carbocycles. The maximum atomic E-state index is 11.9. The van der Waals surface area contributed by atoms with Crippen molar-refractivity contribution in [3.05, 3.63) is 53.7 Å². The van der Waals surface area contributed by atoms with E-state index in [1.54, 1.807) is 0 Å². The Bertz CT molecular complexity index is 727. The van der Waals surface area contributed by atoms with Gasteiger partial charge in [-0.05, 0) is 55.5 Å². The van der Waals surface area contributed by atoms with E-state index in [2.05, 4.69) is 20.5 Å². The molecule has 0 spiro atoms. The van der Waals surface area contributed by atoms with Gasteiger partial charge in [-0.3, -0.25) is 0 Å². The van der Waals surface area contributed by atoms with E-state index in [4.69, 9.17) is 4.74 Å². The van der Waals surface area contributed by atoms with Crippen LogP contribution in [0.1, 0.15) is 30.4 Å². The summed E-state index contributed by atoms with van der Waals surface area (Å²) in [7, 11) is 0. The molecule has 6 heteroatoms. The predicted molar refractivity (Wildman–Crippen MR) is 107 cm³/mol. The third kappa shape index (κ3) is 6.16. The van der Waals surface area contributed by atoms with E-state index in [1.807, 2.05) is 49.5 Å². The van der Waals surface area contributed by atoms with Crippen molar-refractivity contribution in [2.75, 3.05) is 31.1 Å². The van der Waals surface area contributed by atoms with E-state index < -0.39 is 0 Å². The van der Waals surface area contributed by atoms with Crippen LogP contribution >= 0.6 is 0 Å². The Morgan fingerprint density at radius 1 is 1.19 bits per heavy atom. The fourth-order valence-corrected chi connectivity index (χ4v) is 3.07. The smallest absolute Gasteiger partial charge is 0.315 e. The van der Waals surface area contributed by atoms with Gasteiger partial charge in [0.2, 0.25) is 0 Å². The van der Waals surface area contributed by atoms with Crippen molar-refractivity contribution in [2.45, 2.75) is 32.7 Å². The van der Waals surface area contributed by atoms with Gasteiger partial charge in [-0.25, -0.2) is 9.78 Å². The molecule has 0 bridgehead atoms. The fraction of sp³-hybridized carbons (Fsp3) is 0.429. The number of aromatic nitrogens is 1. The zero-order chi connectivity index (χ0) is 18.9. The molecule has 2 amide bonds.